The van der Waals surface area contributed by atoms with Gasteiger partial charge in [0.1, 0.15) is 23.4 Å². The molecule has 0 bridgehead atoms. The van der Waals surface area contributed by atoms with Crippen molar-refractivity contribution in [1.82, 2.24) is 10.9 Å². The fraction of sp³-hybridized carbons (Fsp3) is 0.381. The highest BCUT2D eigenvalue weighted by Gasteiger charge is 2.33. The average Bonchev–Trinajstić information content (AvgIpc) is 3.40. The first kappa shape index (κ1) is 19.5. The van der Waals surface area contributed by atoms with E-state index in [4.69, 9.17) is 9.47 Å². The van der Waals surface area contributed by atoms with Crippen molar-refractivity contribution in [2.75, 3.05) is 44.1 Å². The van der Waals surface area contributed by atoms with Crippen LogP contribution in [0.3, 0.4) is 0 Å². The summed E-state index contributed by atoms with van der Waals surface area (Å²) in [6, 6.07) is 9.81. The van der Waals surface area contributed by atoms with Crippen LogP contribution in [-0.2, 0) is 4.79 Å². The number of methoxy groups -OCH3 is 2. The molecule has 8 heteroatoms. The van der Waals surface area contributed by atoms with Crippen molar-refractivity contribution in [3.63, 3.8) is 0 Å². The Morgan fingerprint density at radius 1 is 1.10 bits per heavy atom. The summed E-state index contributed by atoms with van der Waals surface area (Å²) in [5.41, 5.74) is 8.40. The molecule has 2 aliphatic heterocycles. The normalized spacial score (nSPS) is 19.6. The van der Waals surface area contributed by atoms with Crippen LogP contribution in [-0.4, -0.2) is 45.8 Å². The maximum Gasteiger partial charge on any atom is 0.249 e. The van der Waals surface area contributed by atoms with Crippen LogP contribution in [0.5, 0.6) is 11.5 Å². The number of carbonyl (C=O) groups is 1. The van der Waals surface area contributed by atoms with Gasteiger partial charge >= 0.3 is 0 Å². The number of carbonyl (C=O) groups excluding carboxylic acids is 1. The predicted octanol–water partition coefficient (Wildman–Crippen LogP) is 2.25. The Kier molecular flexibility index (Phi) is 5.55. The van der Waals surface area contributed by atoms with E-state index < -0.39 is 11.9 Å². The van der Waals surface area contributed by atoms with Crippen molar-refractivity contribution in [2.24, 2.45) is 0 Å². The quantitative estimate of drug-likeness (QED) is 0.691. The van der Waals surface area contributed by atoms with E-state index in [9.17, 15) is 9.18 Å². The molecular weight excluding hydrogens is 375 g/mol. The van der Waals surface area contributed by atoms with Gasteiger partial charge in [-0.05, 0) is 30.2 Å². The van der Waals surface area contributed by atoms with Gasteiger partial charge in [-0.3, -0.25) is 15.6 Å². The number of amides is 1. The maximum atomic E-state index is 14.1. The van der Waals surface area contributed by atoms with Gasteiger partial charge in [0.25, 0.3) is 0 Å². The van der Waals surface area contributed by atoms with Crippen molar-refractivity contribution in [2.45, 2.75) is 18.4 Å². The molecule has 2 saturated heterocycles. The Labute approximate surface area is 169 Å². The highest BCUT2D eigenvalue weighted by Crippen LogP contribution is 2.34. The van der Waals surface area contributed by atoms with E-state index in [0.29, 0.717) is 24.6 Å². The number of rotatable bonds is 6. The van der Waals surface area contributed by atoms with E-state index in [1.807, 2.05) is 18.2 Å². The number of ether oxygens (including phenoxy) is 2. The minimum atomic E-state index is -0.495. The van der Waals surface area contributed by atoms with Gasteiger partial charge in [-0.2, -0.15) is 0 Å². The van der Waals surface area contributed by atoms with Gasteiger partial charge < -0.3 is 19.7 Å². The van der Waals surface area contributed by atoms with Gasteiger partial charge in [-0.1, -0.05) is 6.07 Å². The number of nitrogens with zero attached hydrogens (tertiary/aromatic N) is 1. The first-order valence-corrected chi connectivity index (χ1v) is 9.66. The number of hydrazine groups is 1. The zero-order valence-electron chi connectivity index (χ0n) is 16.5. The fourth-order valence-corrected chi connectivity index (χ4v) is 3.89. The molecule has 7 nitrogen and oxygen atoms in total. The Hall–Kier alpha value is -2.84. The van der Waals surface area contributed by atoms with E-state index in [1.54, 1.807) is 24.1 Å². The summed E-state index contributed by atoms with van der Waals surface area (Å²) in [4.78, 5) is 14.7. The number of nitrogens with one attached hydrogen (secondary N) is 3. The van der Waals surface area contributed by atoms with Crippen molar-refractivity contribution >= 4 is 17.3 Å². The third kappa shape index (κ3) is 3.86. The molecule has 2 heterocycles. The maximum absolute atomic E-state index is 14.1. The van der Waals surface area contributed by atoms with E-state index in [0.717, 1.165) is 30.1 Å². The second-order valence-corrected chi connectivity index (χ2v) is 7.21. The standard InChI is InChI=1S/C21H25FN4O3/c1-28-15-4-6-17(22)19(10-15)25-18-7-8-26(21(18)27)14-3-5-16(20(9-14)29-2)13-11-23-24-12-13/h3-6,9-10,13,18,23-25H,7-8,11-12H2,1-2H3. The molecule has 3 N–H and O–H groups in total. The Bertz CT molecular complexity index is 901. The lowest BCUT2D eigenvalue weighted by Gasteiger charge is -2.21. The Morgan fingerprint density at radius 2 is 1.90 bits per heavy atom. The van der Waals surface area contributed by atoms with Crippen LogP contribution in [0.2, 0.25) is 0 Å². The predicted molar refractivity (Wildman–Crippen MR) is 109 cm³/mol. The van der Waals surface area contributed by atoms with Crippen molar-refractivity contribution < 1.29 is 18.7 Å². The van der Waals surface area contributed by atoms with E-state index in [-0.39, 0.29) is 11.6 Å². The molecule has 154 valence electrons. The van der Waals surface area contributed by atoms with Crippen LogP contribution in [0.1, 0.15) is 17.9 Å². The fourth-order valence-electron chi connectivity index (χ4n) is 3.89. The average molecular weight is 400 g/mol. The molecule has 2 aromatic carbocycles. The molecule has 0 saturated carbocycles. The molecule has 1 amide bonds. The molecule has 29 heavy (non-hydrogen) atoms. The molecule has 4 rings (SSSR count). The van der Waals surface area contributed by atoms with Crippen LogP contribution >= 0.6 is 0 Å². The first-order chi connectivity index (χ1) is 14.1. The van der Waals surface area contributed by atoms with E-state index in [2.05, 4.69) is 16.2 Å². The summed E-state index contributed by atoms with van der Waals surface area (Å²) in [7, 11) is 3.16. The molecule has 0 aromatic heterocycles. The third-order valence-electron chi connectivity index (χ3n) is 5.50. The zero-order chi connectivity index (χ0) is 20.4. The first-order valence-electron chi connectivity index (χ1n) is 9.66. The molecule has 2 aromatic rings. The zero-order valence-corrected chi connectivity index (χ0v) is 16.5. The second-order valence-electron chi connectivity index (χ2n) is 7.21. The van der Waals surface area contributed by atoms with Gasteiger partial charge in [0, 0.05) is 43.4 Å². The number of hydrogen-bond acceptors (Lipinski definition) is 6. The second kappa shape index (κ2) is 8.26. The van der Waals surface area contributed by atoms with Gasteiger partial charge in [-0.25, -0.2) is 4.39 Å². The molecule has 0 spiro atoms. The van der Waals surface area contributed by atoms with Crippen LogP contribution in [0.4, 0.5) is 15.8 Å². The number of hydrogen-bond donors (Lipinski definition) is 3. The summed E-state index contributed by atoms with van der Waals surface area (Å²) in [5, 5.41) is 3.02. The molecule has 1 atom stereocenters. The summed E-state index contributed by atoms with van der Waals surface area (Å²) in [5.74, 6) is 1.11. The smallest absolute Gasteiger partial charge is 0.249 e. The number of anilines is 2. The van der Waals surface area contributed by atoms with Crippen molar-refractivity contribution in [1.29, 1.82) is 0 Å². The van der Waals surface area contributed by atoms with E-state index >= 15 is 0 Å². The van der Waals surface area contributed by atoms with Gasteiger partial charge in [0.2, 0.25) is 5.91 Å². The van der Waals surface area contributed by atoms with Crippen molar-refractivity contribution in [3.8, 4) is 11.5 Å². The number of halogens is 1. The molecule has 0 radical (unpaired) electrons. The molecule has 0 aliphatic carbocycles. The molecule has 2 fully saturated rings. The van der Waals surface area contributed by atoms with Gasteiger partial charge in [-0.15, -0.1) is 0 Å². The summed E-state index contributed by atoms with van der Waals surface area (Å²) in [6.07, 6.45) is 0.579. The lowest BCUT2D eigenvalue weighted by atomic mass is 9.98. The molecular formula is C21H25FN4O3. The Balaban J connectivity index is 1.51. The Morgan fingerprint density at radius 3 is 2.62 bits per heavy atom. The lowest BCUT2D eigenvalue weighted by molar-refractivity contribution is -0.117. The minimum Gasteiger partial charge on any atom is -0.497 e. The van der Waals surface area contributed by atoms with Crippen LogP contribution in [0, 0.1) is 5.82 Å². The minimum absolute atomic E-state index is 0.0915. The summed E-state index contributed by atoms with van der Waals surface area (Å²) in [6.45, 7) is 2.21. The SMILES string of the molecule is COc1ccc(F)c(NC2CCN(c3ccc(C4CNNC4)c(OC)c3)C2=O)c1. The lowest BCUT2D eigenvalue weighted by Crippen LogP contribution is -2.33. The van der Waals surface area contributed by atoms with E-state index in [1.165, 1.54) is 13.2 Å². The van der Waals surface area contributed by atoms with Gasteiger partial charge in [0.15, 0.2) is 0 Å². The highest BCUT2D eigenvalue weighted by molar-refractivity contribution is 6.01. The molecule has 1 unspecified atom stereocenters. The third-order valence-corrected chi connectivity index (χ3v) is 5.50. The van der Waals surface area contributed by atoms with Crippen LogP contribution in [0.25, 0.3) is 0 Å². The molecule has 2 aliphatic rings. The van der Waals surface area contributed by atoms with Crippen molar-refractivity contribution in [3.05, 3.63) is 47.8 Å². The van der Waals surface area contributed by atoms with Gasteiger partial charge in [0.05, 0.1) is 19.9 Å². The van der Waals surface area contributed by atoms with Crippen LogP contribution in [0.15, 0.2) is 36.4 Å². The summed E-state index contributed by atoms with van der Waals surface area (Å²) < 4.78 is 24.9. The topological polar surface area (TPSA) is 74.9 Å². The van der Waals surface area contributed by atoms with Crippen LogP contribution < -0.4 is 30.5 Å². The largest absolute Gasteiger partial charge is 0.497 e. The highest BCUT2D eigenvalue weighted by atomic mass is 19.1. The monoisotopic (exact) mass is 400 g/mol. The summed E-state index contributed by atoms with van der Waals surface area (Å²) >= 11 is 0. The number of benzene rings is 2.